The van der Waals surface area contributed by atoms with Crippen LogP contribution in [0.4, 0.5) is 5.82 Å². The molecule has 0 radical (unpaired) electrons. The van der Waals surface area contributed by atoms with E-state index in [0.717, 1.165) is 25.2 Å². The summed E-state index contributed by atoms with van der Waals surface area (Å²) < 4.78 is 25.1. The van der Waals surface area contributed by atoms with E-state index in [0.29, 0.717) is 12.1 Å². The standard InChI is InChI=1S/C13H22N4O2S/c1-10-8-11(6-7-14-10)16-13-5-4-12(9-15-13)20(18,19)17(2)3/h4-5,9-11,14H,6-8H2,1-3H3,(H,15,16). The average molecular weight is 298 g/mol. The average Bonchev–Trinajstić information content (AvgIpc) is 2.39. The molecule has 20 heavy (non-hydrogen) atoms. The van der Waals surface area contributed by atoms with Crippen molar-refractivity contribution in [3.63, 3.8) is 0 Å². The van der Waals surface area contributed by atoms with Gasteiger partial charge in [0.05, 0.1) is 0 Å². The maximum absolute atomic E-state index is 11.9. The third-order valence-electron chi connectivity index (χ3n) is 3.49. The molecule has 2 atom stereocenters. The fraction of sp³-hybridized carbons (Fsp3) is 0.615. The number of rotatable bonds is 4. The fourth-order valence-corrected chi connectivity index (χ4v) is 3.15. The van der Waals surface area contributed by atoms with Crippen LogP contribution in [0, 0.1) is 0 Å². The van der Waals surface area contributed by atoms with E-state index in [1.54, 1.807) is 12.1 Å². The SMILES string of the molecule is CC1CC(Nc2ccc(S(=O)(=O)N(C)C)cn2)CCN1. The van der Waals surface area contributed by atoms with Crippen LogP contribution in [-0.4, -0.2) is 50.4 Å². The monoisotopic (exact) mass is 298 g/mol. The first-order chi connectivity index (χ1) is 9.39. The van der Waals surface area contributed by atoms with Gasteiger partial charge in [0.25, 0.3) is 0 Å². The highest BCUT2D eigenvalue weighted by atomic mass is 32.2. The number of sulfonamides is 1. The van der Waals surface area contributed by atoms with Gasteiger partial charge in [0, 0.05) is 32.4 Å². The maximum Gasteiger partial charge on any atom is 0.244 e. The normalized spacial score (nSPS) is 23.8. The molecule has 1 aromatic rings. The van der Waals surface area contributed by atoms with Gasteiger partial charge >= 0.3 is 0 Å². The van der Waals surface area contributed by atoms with Crippen molar-refractivity contribution in [3.8, 4) is 0 Å². The summed E-state index contributed by atoms with van der Waals surface area (Å²) in [6.45, 7) is 3.15. The van der Waals surface area contributed by atoms with Gasteiger partial charge in [0.1, 0.15) is 10.7 Å². The van der Waals surface area contributed by atoms with Crippen molar-refractivity contribution in [3.05, 3.63) is 18.3 Å². The van der Waals surface area contributed by atoms with Crippen LogP contribution >= 0.6 is 0 Å². The number of hydrogen-bond acceptors (Lipinski definition) is 5. The molecule has 0 spiro atoms. The van der Waals surface area contributed by atoms with E-state index in [2.05, 4.69) is 22.5 Å². The smallest absolute Gasteiger partial charge is 0.244 e. The molecular weight excluding hydrogens is 276 g/mol. The van der Waals surface area contributed by atoms with Crippen molar-refractivity contribution in [2.45, 2.75) is 36.7 Å². The Morgan fingerprint density at radius 1 is 1.40 bits per heavy atom. The van der Waals surface area contributed by atoms with Crippen LogP contribution in [0.2, 0.25) is 0 Å². The number of aromatic nitrogens is 1. The van der Waals surface area contributed by atoms with Crippen LogP contribution in [0.25, 0.3) is 0 Å². The highest BCUT2D eigenvalue weighted by Gasteiger charge is 2.20. The van der Waals surface area contributed by atoms with E-state index < -0.39 is 10.0 Å². The Hall–Kier alpha value is -1.18. The summed E-state index contributed by atoms with van der Waals surface area (Å²) in [5, 5.41) is 6.75. The zero-order valence-corrected chi connectivity index (χ0v) is 12.9. The number of nitrogens with zero attached hydrogens (tertiary/aromatic N) is 2. The van der Waals surface area contributed by atoms with Crippen molar-refractivity contribution in [2.75, 3.05) is 26.0 Å². The second-order valence-electron chi connectivity index (χ2n) is 5.39. The Kier molecular flexibility index (Phi) is 4.62. The van der Waals surface area contributed by atoms with E-state index in [-0.39, 0.29) is 4.90 Å². The van der Waals surface area contributed by atoms with Crippen LogP contribution in [0.1, 0.15) is 19.8 Å². The first-order valence-corrected chi connectivity index (χ1v) is 8.22. The molecule has 0 bridgehead atoms. The molecule has 0 aromatic carbocycles. The van der Waals surface area contributed by atoms with Gasteiger partial charge in [-0.05, 0) is 38.4 Å². The van der Waals surface area contributed by atoms with E-state index in [4.69, 9.17) is 0 Å². The third-order valence-corrected chi connectivity index (χ3v) is 5.29. The number of hydrogen-bond donors (Lipinski definition) is 2. The summed E-state index contributed by atoms with van der Waals surface area (Å²) >= 11 is 0. The largest absolute Gasteiger partial charge is 0.367 e. The fourth-order valence-electron chi connectivity index (χ4n) is 2.30. The zero-order valence-electron chi connectivity index (χ0n) is 12.1. The van der Waals surface area contributed by atoms with Gasteiger partial charge in [-0.25, -0.2) is 17.7 Å². The van der Waals surface area contributed by atoms with Crippen molar-refractivity contribution in [1.29, 1.82) is 0 Å². The summed E-state index contributed by atoms with van der Waals surface area (Å²) in [5.41, 5.74) is 0. The number of piperidine rings is 1. The minimum atomic E-state index is -3.40. The number of pyridine rings is 1. The van der Waals surface area contributed by atoms with Gasteiger partial charge in [0.2, 0.25) is 10.0 Å². The molecule has 7 heteroatoms. The molecule has 0 aliphatic carbocycles. The van der Waals surface area contributed by atoms with E-state index in [9.17, 15) is 8.42 Å². The van der Waals surface area contributed by atoms with Crippen LogP contribution in [0.3, 0.4) is 0 Å². The highest BCUT2D eigenvalue weighted by Crippen LogP contribution is 2.17. The Morgan fingerprint density at radius 3 is 2.70 bits per heavy atom. The summed E-state index contributed by atoms with van der Waals surface area (Å²) in [5.74, 6) is 0.724. The minimum absolute atomic E-state index is 0.215. The van der Waals surface area contributed by atoms with Crippen LogP contribution < -0.4 is 10.6 Å². The van der Waals surface area contributed by atoms with Crippen LogP contribution in [0.5, 0.6) is 0 Å². The molecule has 0 amide bonds. The topological polar surface area (TPSA) is 74.3 Å². The van der Waals surface area contributed by atoms with Crippen LogP contribution in [-0.2, 0) is 10.0 Å². The molecule has 2 unspecified atom stereocenters. The Balaban J connectivity index is 2.05. The molecule has 2 heterocycles. The lowest BCUT2D eigenvalue weighted by Crippen LogP contribution is -2.41. The van der Waals surface area contributed by atoms with Gasteiger partial charge in [-0.2, -0.15) is 0 Å². The summed E-state index contributed by atoms with van der Waals surface area (Å²) in [6.07, 6.45) is 3.49. The molecule has 2 N–H and O–H groups in total. The second kappa shape index (κ2) is 6.07. The lowest BCUT2D eigenvalue weighted by molar-refractivity contribution is 0.396. The molecule has 0 saturated carbocycles. The molecule has 112 valence electrons. The predicted octanol–water partition coefficient (Wildman–Crippen LogP) is 0.884. The van der Waals surface area contributed by atoms with E-state index >= 15 is 0 Å². The molecule has 1 saturated heterocycles. The lowest BCUT2D eigenvalue weighted by Gasteiger charge is -2.29. The van der Waals surface area contributed by atoms with Crippen LogP contribution in [0.15, 0.2) is 23.2 Å². The Morgan fingerprint density at radius 2 is 2.15 bits per heavy atom. The summed E-state index contributed by atoms with van der Waals surface area (Å²) in [4.78, 5) is 4.42. The molecule has 1 fully saturated rings. The molecular formula is C13H22N4O2S. The lowest BCUT2D eigenvalue weighted by atomic mass is 10.0. The first kappa shape index (κ1) is 15.2. The molecule has 1 aromatic heterocycles. The van der Waals surface area contributed by atoms with E-state index in [1.165, 1.54) is 24.6 Å². The van der Waals surface area contributed by atoms with Crippen molar-refractivity contribution in [1.82, 2.24) is 14.6 Å². The highest BCUT2D eigenvalue weighted by molar-refractivity contribution is 7.89. The predicted molar refractivity (Wildman–Crippen MR) is 79.2 cm³/mol. The van der Waals surface area contributed by atoms with Gasteiger partial charge in [-0.1, -0.05) is 0 Å². The zero-order chi connectivity index (χ0) is 14.8. The van der Waals surface area contributed by atoms with Crippen molar-refractivity contribution >= 4 is 15.8 Å². The molecule has 2 rings (SSSR count). The maximum atomic E-state index is 11.9. The Bertz CT molecular complexity index is 542. The third kappa shape index (κ3) is 3.47. The van der Waals surface area contributed by atoms with Crippen molar-refractivity contribution in [2.24, 2.45) is 0 Å². The Labute approximate surface area is 120 Å². The molecule has 1 aliphatic heterocycles. The minimum Gasteiger partial charge on any atom is -0.367 e. The first-order valence-electron chi connectivity index (χ1n) is 6.78. The van der Waals surface area contributed by atoms with Gasteiger partial charge in [-0.3, -0.25) is 0 Å². The van der Waals surface area contributed by atoms with Gasteiger partial charge < -0.3 is 10.6 Å². The van der Waals surface area contributed by atoms with Gasteiger partial charge in [0.15, 0.2) is 0 Å². The number of anilines is 1. The molecule has 1 aliphatic rings. The second-order valence-corrected chi connectivity index (χ2v) is 7.54. The quantitative estimate of drug-likeness (QED) is 0.863. The van der Waals surface area contributed by atoms with Gasteiger partial charge in [-0.15, -0.1) is 0 Å². The summed E-state index contributed by atoms with van der Waals surface area (Å²) in [7, 11) is -0.379. The van der Waals surface area contributed by atoms with Crippen molar-refractivity contribution < 1.29 is 8.42 Å². The number of nitrogens with one attached hydrogen (secondary N) is 2. The molecule has 6 nitrogen and oxygen atoms in total. The summed E-state index contributed by atoms with van der Waals surface area (Å²) in [6, 6.07) is 4.20. The van der Waals surface area contributed by atoms with E-state index in [1.807, 2.05) is 0 Å².